The Labute approximate surface area is 384 Å². The first-order chi connectivity index (χ1) is 31.7. The number of nitrogens with zero attached hydrogens (tertiary/aromatic N) is 8. The molecule has 1 radical (unpaired) electrons. The Bertz CT molecular complexity index is 3720. The summed E-state index contributed by atoms with van der Waals surface area (Å²) in [6.45, 7) is 0. The third-order valence-corrected chi connectivity index (χ3v) is 12.5. The van der Waals surface area contributed by atoms with Gasteiger partial charge in [-0.05, 0) is 84.7 Å². The topological polar surface area (TPSA) is 106 Å². The quantitative estimate of drug-likeness (QED) is 0.161. The van der Waals surface area contributed by atoms with Crippen LogP contribution in [0.2, 0.25) is 0 Å². The first kappa shape index (κ1) is 38.6. The minimum Gasteiger partial charge on any atom is -0.361 e. The van der Waals surface area contributed by atoms with Crippen LogP contribution in [0.15, 0.2) is 194 Å². The number of aromatic nitrogens is 8. The van der Waals surface area contributed by atoms with Gasteiger partial charge < -0.3 is 24.9 Å². The summed E-state index contributed by atoms with van der Waals surface area (Å²) >= 11 is 0. The van der Waals surface area contributed by atoms with Crippen molar-refractivity contribution in [2.24, 2.45) is 0 Å². The summed E-state index contributed by atoms with van der Waals surface area (Å²) in [5.74, 6) is 1.74. The zero-order chi connectivity index (χ0) is 42.1. The number of allylic oxidation sites excluding steroid dienone is 8. The van der Waals surface area contributed by atoms with Gasteiger partial charge in [-0.15, -0.1) is 0 Å². The summed E-state index contributed by atoms with van der Waals surface area (Å²) in [7, 11) is 0. The maximum absolute atomic E-state index is 5.35. The van der Waals surface area contributed by atoms with Gasteiger partial charge in [-0.1, -0.05) is 176 Å². The molecule has 0 amide bonds. The van der Waals surface area contributed by atoms with Crippen molar-refractivity contribution in [2.75, 3.05) is 0 Å². The first-order valence-electron chi connectivity index (χ1n) is 21.4. The molecule has 3 aliphatic heterocycles. The van der Waals surface area contributed by atoms with E-state index < -0.39 is 0 Å². The van der Waals surface area contributed by atoms with Gasteiger partial charge in [-0.3, -0.25) is 0 Å². The van der Waals surface area contributed by atoms with E-state index in [2.05, 4.69) is 170 Å². The van der Waals surface area contributed by atoms with Crippen molar-refractivity contribution in [1.82, 2.24) is 39.9 Å². The van der Waals surface area contributed by atoms with Crippen molar-refractivity contribution in [3.8, 4) is 45.0 Å². The molecule has 2 aromatic heterocycles. The largest absolute Gasteiger partial charge is 2.00 e. The van der Waals surface area contributed by atoms with Crippen molar-refractivity contribution in [2.45, 2.75) is 11.8 Å². The Balaban J connectivity index is 0.00000444. The third-order valence-electron chi connectivity index (χ3n) is 12.5. The molecule has 2 unspecified atom stereocenters. The zero-order valence-corrected chi connectivity index (χ0v) is 35.5. The summed E-state index contributed by atoms with van der Waals surface area (Å²) in [5, 5.41) is 1.73. The van der Waals surface area contributed by atoms with E-state index in [1.807, 2.05) is 24.3 Å². The average Bonchev–Trinajstić information content (AvgIpc) is 4.10. The molecule has 0 spiro atoms. The molecule has 0 fully saturated rings. The minimum absolute atomic E-state index is 0. The van der Waals surface area contributed by atoms with E-state index in [-0.39, 0.29) is 28.9 Å². The summed E-state index contributed by atoms with van der Waals surface area (Å²) in [4.78, 5) is 42.2. The van der Waals surface area contributed by atoms with Crippen LogP contribution in [0.5, 0.6) is 0 Å². The number of hydrogen-bond donors (Lipinski definition) is 0. The number of fused-ring (bicyclic) bond motifs is 18. The second kappa shape index (κ2) is 15.6. The predicted molar refractivity (Wildman–Crippen MR) is 253 cm³/mol. The predicted octanol–water partition coefficient (Wildman–Crippen LogP) is 9.87. The van der Waals surface area contributed by atoms with Crippen LogP contribution in [0.1, 0.15) is 34.6 Å². The standard InChI is InChI=1S/C56H34N8.Cu/c1-5-13-33(14-6-1)37-21-25-41-45(29-37)53-59-49(41)57-50-43-27-23-39(35-17-9-3-10-18-35)31-47(43)55(61-50)64-56-48-32-40(36-19-11-4-12-20-36)24-28-44(48)52(62-56)58-51-42-26-22-38(34-15-7-2-8-16-34)30-46(42)54(60-51)63-53;/h1-32,41,47H;/q-2;+2. The van der Waals surface area contributed by atoms with E-state index in [1.165, 1.54) is 0 Å². The fourth-order valence-corrected chi connectivity index (χ4v) is 9.23. The molecular formula is C56H34CuN8. The molecule has 2 atom stereocenters. The zero-order valence-electron chi connectivity index (χ0n) is 34.5. The Morgan fingerprint density at radius 3 is 1.77 bits per heavy atom. The van der Waals surface area contributed by atoms with Gasteiger partial charge in [-0.2, -0.15) is 0 Å². The van der Waals surface area contributed by atoms with E-state index in [9.17, 15) is 0 Å². The van der Waals surface area contributed by atoms with E-state index in [0.29, 0.717) is 45.6 Å². The molecule has 309 valence electrons. The van der Waals surface area contributed by atoms with Crippen molar-refractivity contribution in [3.05, 3.63) is 228 Å². The van der Waals surface area contributed by atoms with Gasteiger partial charge in [0, 0.05) is 39.6 Å². The van der Waals surface area contributed by atoms with Crippen LogP contribution in [-0.2, 0) is 17.1 Å². The molecule has 65 heavy (non-hydrogen) atoms. The Kier molecular flexibility index (Phi) is 9.26. The first-order valence-corrected chi connectivity index (χ1v) is 21.4. The normalized spacial score (nSPS) is 16.2. The van der Waals surface area contributed by atoms with Crippen molar-refractivity contribution in [1.29, 1.82) is 0 Å². The molecular weight excluding hydrogens is 848 g/mol. The second-order valence-corrected chi connectivity index (χ2v) is 16.3. The Morgan fingerprint density at radius 1 is 0.415 bits per heavy atom. The van der Waals surface area contributed by atoms with Crippen LogP contribution in [0.3, 0.4) is 0 Å². The maximum Gasteiger partial charge on any atom is 2.00 e. The van der Waals surface area contributed by atoms with Gasteiger partial charge in [0.05, 0.1) is 17.2 Å². The van der Waals surface area contributed by atoms with Crippen LogP contribution in [0.25, 0.3) is 89.4 Å². The van der Waals surface area contributed by atoms with Crippen molar-refractivity contribution < 1.29 is 17.1 Å². The fourth-order valence-electron chi connectivity index (χ4n) is 9.23. The fraction of sp³-hybridized carbons (Fsp3) is 0.0357. The summed E-state index contributed by atoms with van der Waals surface area (Å²) in [6.07, 6.45) is 13.0. The number of rotatable bonds is 4. The molecule has 0 saturated heterocycles. The maximum atomic E-state index is 5.35. The molecule has 9 heteroatoms. The van der Waals surface area contributed by atoms with Crippen molar-refractivity contribution >= 4 is 44.4 Å². The minimum atomic E-state index is -0.272. The number of hydrogen-bond acceptors (Lipinski definition) is 6. The van der Waals surface area contributed by atoms with Gasteiger partial charge in [0.2, 0.25) is 0 Å². The molecule has 8 nitrogen and oxygen atoms in total. The summed E-state index contributed by atoms with van der Waals surface area (Å²) in [6, 6.07) is 54.2. The third kappa shape index (κ3) is 6.68. The van der Waals surface area contributed by atoms with Gasteiger partial charge in [0.1, 0.15) is 5.82 Å². The molecule has 5 heterocycles. The van der Waals surface area contributed by atoms with Crippen LogP contribution in [0, 0.1) is 0 Å². The van der Waals surface area contributed by atoms with E-state index in [4.69, 9.17) is 39.9 Å². The van der Waals surface area contributed by atoms with Crippen LogP contribution in [-0.4, -0.2) is 29.9 Å². The van der Waals surface area contributed by atoms with Crippen LogP contribution >= 0.6 is 0 Å². The molecule has 13 rings (SSSR count). The van der Waals surface area contributed by atoms with Gasteiger partial charge in [-0.25, -0.2) is 15.0 Å². The smallest absolute Gasteiger partial charge is 0.361 e. The molecule has 6 aromatic carbocycles. The SMILES string of the molecule is C1=CC2=c3nc(nc4nc(nc5[n-]c(nc6[n-]c(n3)C3C=CC(c7ccccc7)=CC=63)c3cc(-c6ccccc6)ccc53)-c3ccc(-c5ccccc5)cc3-4)C2C=C1c1ccccc1.[Cu+2]. The Morgan fingerprint density at radius 2 is 1.05 bits per heavy atom. The molecule has 0 saturated carbocycles. The molecule has 0 N–H and O–H groups in total. The van der Waals surface area contributed by atoms with Gasteiger partial charge in [0.25, 0.3) is 0 Å². The average molecular weight is 882 g/mol. The van der Waals surface area contributed by atoms with Crippen LogP contribution in [0.4, 0.5) is 0 Å². The molecule has 8 bridgehead atoms. The molecule has 8 aromatic rings. The van der Waals surface area contributed by atoms with E-state index in [0.717, 1.165) is 77.6 Å². The molecule has 2 aliphatic carbocycles. The van der Waals surface area contributed by atoms with Gasteiger partial charge in [0.15, 0.2) is 5.82 Å². The van der Waals surface area contributed by atoms with E-state index in [1.54, 1.807) is 0 Å². The van der Waals surface area contributed by atoms with Crippen LogP contribution < -0.4 is 20.9 Å². The molecule has 5 aliphatic rings. The summed E-state index contributed by atoms with van der Waals surface area (Å²) in [5.41, 5.74) is 14.5. The monoisotopic (exact) mass is 881 g/mol. The van der Waals surface area contributed by atoms with Gasteiger partial charge >= 0.3 is 17.1 Å². The second-order valence-electron chi connectivity index (χ2n) is 16.3. The number of benzene rings is 6. The summed E-state index contributed by atoms with van der Waals surface area (Å²) < 4.78 is 0. The van der Waals surface area contributed by atoms with Crippen molar-refractivity contribution in [3.63, 3.8) is 0 Å². The Hall–Kier alpha value is -8.10. The van der Waals surface area contributed by atoms with E-state index >= 15 is 0 Å².